The normalized spacial score (nSPS) is 49.0. The van der Waals surface area contributed by atoms with Crippen molar-refractivity contribution in [1.29, 1.82) is 0 Å². The van der Waals surface area contributed by atoms with Crippen molar-refractivity contribution in [2.75, 3.05) is 19.0 Å². The summed E-state index contributed by atoms with van der Waals surface area (Å²) in [6, 6.07) is 5.82. The number of hydrogen-bond donors (Lipinski definition) is 3. The maximum Gasteiger partial charge on any atom is 0.229 e. The average Bonchev–Trinajstić information content (AvgIpc) is 3.86. The molecule has 7 rings (SSSR count). The first-order valence-corrected chi connectivity index (χ1v) is 22.3. The van der Waals surface area contributed by atoms with Crippen LogP contribution in [0.1, 0.15) is 120 Å². The zero-order chi connectivity index (χ0) is 41.9. The van der Waals surface area contributed by atoms with E-state index >= 15 is 0 Å². The third-order valence-electron chi connectivity index (χ3n) is 15.6. The van der Waals surface area contributed by atoms with Gasteiger partial charge in [0, 0.05) is 43.4 Å². The molecule has 0 aromatic heterocycles. The molecule has 0 aliphatic carbocycles. The largest absolute Gasteiger partial charge is 0.391 e. The van der Waals surface area contributed by atoms with Crippen LogP contribution in [-0.4, -0.2) is 101 Å². The maximum absolute atomic E-state index is 13.5. The van der Waals surface area contributed by atoms with Crippen molar-refractivity contribution in [3.05, 3.63) is 30.1 Å². The molecule has 1 spiro atoms. The number of anilines is 1. The molecule has 3 N–H and O–H groups in total. The second-order valence-corrected chi connectivity index (χ2v) is 20.0. The van der Waals surface area contributed by atoms with E-state index in [1.54, 1.807) is 19.2 Å². The lowest BCUT2D eigenvalue weighted by atomic mass is 9.78. The number of halogens is 1. The Morgan fingerprint density at radius 1 is 0.897 bits per heavy atom. The highest BCUT2D eigenvalue weighted by atomic mass is 19.1. The monoisotopic (exact) mass is 818 g/mol. The molecule has 6 aliphatic heterocycles. The second-order valence-electron chi connectivity index (χ2n) is 20.0. The Kier molecular flexibility index (Phi) is 12.9. The van der Waals surface area contributed by atoms with Gasteiger partial charge in [-0.25, -0.2) is 4.39 Å². The Hall–Kier alpha value is -1.74. The Balaban J connectivity index is 1.00. The summed E-state index contributed by atoms with van der Waals surface area (Å²) in [5.74, 6) is -2.83. The van der Waals surface area contributed by atoms with Crippen molar-refractivity contribution in [2.45, 2.75) is 192 Å². The summed E-state index contributed by atoms with van der Waals surface area (Å²) >= 11 is 0. The average molecular weight is 818 g/mol. The Morgan fingerprint density at radius 3 is 2.31 bits per heavy atom. The van der Waals surface area contributed by atoms with Crippen LogP contribution in [0, 0.1) is 47.2 Å². The van der Waals surface area contributed by atoms with E-state index in [0.717, 1.165) is 51.4 Å². The Bertz CT molecular complexity index is 1590. The van der Waals surface area contributed by atoms with E-state index in [0.29, 0.717) is 12.1 Å². The van der Waals surface area contributed by atoms with Crippen LogP contribution < -0.4 is 5.32 Å². The zero-order valence-corrected chi connectivity index (χ0v) is 36.6. The predicted molar refractivity (Wildman–Crippen MR) is 216 cm³/mol. The van der Waals surface area contributed by atoms with Gasteiger partial charge in [-0.2, -0.15) is 0 Å². The number of hydrogen-bond acceptors (Lipinski definition) is 10. The topological polar surface area (TPSA) is 134 Å². The number of ether oxygens (including phenoxy) is 7. The summed E-state index contributed by atoms with van der Waals surface area (Å²) in [4.78, 5) is 13.3. The lowest BCUT2D eigenvalue weighted by Gasteiger charge is -2.50. The number of aliphatic hydroxyl groups excluding tert-OH is 1. The molecule has 328 valence electrons. The van der Waals surface area contributed by atoms with Gasteiger partial charge in [-0.15, -0.1) is 0 Å². The molecule has 0 bridgehead atoms. The summed E-state index contributed by atoms with van der Waals surface area (Å²) in [6.07, 6.45) is 5.79. The summed E-state index contributed by atoms with van der Waals surface area (Å²) in [7, 11) is 1.78. The van der Waals surface area contributed by atoms with Crippen molar-refractivity contribution >= 4 is 11.6 Å². The summed E-state index contributed by atoms with van der Waals surface area (Å²) in [6.45, 7) is 18.7. The Morgan fingerprint density at radius 2 is 1.62 bits per heavy atom. The van der Waals surface area contributed by atoms with E-state index < -0.39 is 35.3 Å². The minimum atomic E-state index is -1.56. The number of amides is 1. The number of carbonyl (C=O) groups is 1. The summed E-state index contributed by atoms with van der Waals surface area (Å²) in [5, 5.41) is 24.0. The quantitative estimate of drug-likeness (QED) is 0.220. The molecule has 0 radical (unpaired) electrons. The SMILES string of the molecule is COC1C[C@@H](C[C@H]2CC[C@H](C)C([C@@H](C)C(=O)Nc3ccc(F)cc3)O2)O[C@]2(O[C@](C)(C3CC[C@@](C)(C4OC(C5O[C@@](O)(CO)[C@H](C)C[C@@H]5C)C[C@@H]4C)O3)C[C@H]2C)C1C. The van der Waals surface area contributed by atoms with Crippen LogP contribution in [-0.2, 0) is 38.0 Å². The van der Waals surface area contributed by atoms with Crippen molar-refractivity contribution in [3.63, 3.8) is 0 Å². The van der Waals surface area contributed by atoms with E-state index in [9.17, 15) is 19.4 Å². The van der Waals surface area contributed by atoms with Gasteiger partial charge in [-0.1, -0.05) is 48.5 Å². The first-order chi connectivity index (χ1) is 27.3. The minimum Gasteiger partial charge on any atom is -0.391 e. The van der Waals surface area contributed by atoms with E-state index in [2.05, 4.69) is 53.8 Å². The third kappa shape index (κ3) is 8.29. The molecule has 12 heteroatoms. The first-order valence-electron chi connectivity index (χ1n) is 22.3. The van der Waals surface area contributed by atoms with Crippen molar-refractivity contribution in [3.8, 4) is 0 Å². The number of rotatable bonds is 10. The molecule has 6 saturated heterocycles. The van der Waals surface area contributed by atoms with E-state index in [1.165, 1.54) is 12.1 Å². The van der Waals surface area contributed by atoms with Gasteiger partial charge in [0.2, 0.25) is 5.91 Å². The molecule has 7 unspecified atom stereocenters. The van der Waals surface area contributed by atoms with E-state index in [1.807, 2.05) is 13.8 Å². The van der Waals surface area contributed by atoms with Crippen molar-refractivity contribution in [2.24, 2.45) is 41.4 Å². The second kappa shape index (κ2) is 16.9. The van der Waals surface area contributed by atoms with E-state index in [-0.39, 0.29) is 96.1 Å². The fraction of sp³-hybridized carbons (Fsp3) is 0.848. The first kappa shape index (κ1) is 44.3. The van der Waals surface area contributed by atoms with Crippen molar-refractivity contribution in [1.82, 2.24) is 0 Å². The number of methoxy groups -OCH3 is 1. The predicted octanol–water partition coefficient (Wildman–Crippen LogP) is 7.40. The fourth-order valence-electron chi connectivity index (χ4n) is 12.1. The molecule has 6 aliphatic rings. The molecular formula is C46H72FNO10. The number of carbonyl (C=O) groups excluding carboxylic acids is 1. The van der Waals surface area contributed by atoms with Crippen LogP contribution in [0.3, 0.4) is 0 Å². The molecule has 6 heterocycles. The van der Waals surface area contributed by atoms with Crippen molar-refractivity contribution < 1.29 is 52.6 Å². The van der Waals surface area contributed by atoms with Crippen LogP contribution in [0.2, 0.25) is 0 Å². The standard InChI is InChI=1S/C46H72FNO10/c1-25-11-16-34(53-39(25)30(6)42(50)48-33-14-12-32(47)13-15-33)21-35-22-36(52-10)31(7)46(55-35)29(5)23-44(9,58-46)38-17-18-43(8,56-38)41-27(3)20-37(54-41)40-26(2)19-28(4)45(51,24-49)57-40/h12-15,25-31,34-41,49,51H,11,16-24H2,1-10H3,(H,48,50)/t25-,26-,27-,28+,29+,30+,31?,34+,35+,36?,37?,38?,39?,40?,41?,43-,44-,45-,46+/m0/s1. The zero-order valence-electron chi connectivity index (χ0n) is 36.6. The number of benzene rings is 1. The number of nitrogens with one attached hydrogen (secondary N) is 1. The molecule has 19 atom stereocenters. The minimum absolute atomic E-state index is 0.0229. The smallest absolute Gasteiger partial charge is 0.229 e. The molecule has 6 fully saturated rings. The van der Waals surface area contributed by atoms with Crippen LogP contribution in [0.5, 0.6) is 0 Å². The van der Waals surface area contributed by atoms with Gasteiger partial charge in [-0.3, -0.25) is 4.79 Å². The molecule has 1 amide bonds. The lowest BCUT2D eigenvalue weighted by molar-refractivity contribution is -0.353. The van der Waals surface area contributed by atoms with Gasteiger partial charge in [0.1, 0.15) is 5.82 Å². The summed E-state index contributed by atoms with van der Waals surface area (Å²) in [5.41, 5.74) is -0.567. The molecule has 58 heavy (non-hydrogen) atoms. The van der Waals surface area contributed by atoms with Gasteiger partial charge >= 0.3 is 0 Å². The summed E-state index contributed by atoms with van der Waals surface area (Å²) < 4.78 is 61.1. The van der Waals surface area contributed by atoms with Gasteiger partial charge in [0.25, 0.3) is 0 Å². The Labute approximate surface area is 345 Å². The fourth-order valence-corrected chi connectivity index (χ4v) is 12.1. The van der Waals surface area contributed by atoms with Gasteiger partial charge in [0.05, 0.1) is 72.6 Å². The van der Waals surface area contributed by atoms with Crippen LogP contribution in [0.25, 0.3) is 0 Å². The third-order valence-corrected chi connectivity index (χ3v) is 15.6. The van der Waals surface area contributed by atoms with Gasteiger partial charge in [-0.05, 0) is 101 Å². The van der Waals surface area contributed by atoms with Crippen LogP contribution >= 0.6 is 0 Å². The highest BCUT2D eigenvalue weighted by Gasteiger charge is 2.65. The molecule has 1 aromatic rings. The maximum atomic E-state index is 13.5. The van der Waals surface area contributed by atoms with Gasteiger partial charge in [0.15, 0.2) is 11.6 Å². The highest BCUT2D eigenvalue weighted by Crippen LogP contribution is 2.57. The highest BCUT2D eigenvalue weighted by molar-refractivity contribution is 5.92. The van der Waals surface area contributed by atoms with Crippen LogP contribution in [0.15, 0.2) is 24.3 Å². The van der Waals surface area contributed by atoms with E-state index in [4.69, 9.17) is 33.2 Å². The lowest BCUT2D eigenvalue weighted by Crippen LogP contribution is -2.58. The van der Waals surface area contributed by atoms with Crippen LogP contribution in [0.4, 0.5) is 10.1 Å². The molecular weight excluding hydrogens is 746 g/mol. The molecule has 11 nitrogen and oxygen atoms in total. The molecule has 0 saturated carbocycles. The number of aliphatic hydroxyl groups is 2. The molecule has 1 aromatic carbocycles. The van der Waals surface area contributed by atoms with Gasteiger partial charge < -0.3 is 48.7 Å².